The van der Waals surface area contributed by atoms with Crippen molar-refractivity contribution < 1.29 is 5.11 Å². The summed E-state index contributed by atoms with van der Waals surface area (Å²) in [5, 5.41) is 14.5. The summed E-state index contributed by atoms with van der Waals surface area (Å²) in [6.07, 6.45) is 0. The van der Waals surface area contributed by atoms with Gasteiger partial charge in [0.05, 0.1) is 11.2 Å². The first-order valence-electron chi connectivity index (χ1n) is 4.70. The fraction of sp³-hybridized carbons (Fsp3) is 0.182. The Morgan fingerprint density at radius 3 is 3.00 bits per heavy atom. The molecule has 3 nitrogen and oxygen atoms in total. The molecule has 4 heteroatoms. The van der Waals surface area contributed by atoms with Gasteiger partial charge in [-0.3, -0.25) is 0 Å². The highest BCUT2D eigenvalue weighted by atomic mass is 32.1. The molecule has 2 aromatic rings. The van der Waals surface area contributed by atoms with Crippen LogP contribution in [0.3, 0.4) is 0 Å². The molecule has 0 saturated carbocycles. The Bertz CT molecular complexity index is 414. The zero-order valence-corrected chi connectivity index (χ0v) is 9.00. The van der Waals surface area contributed by atoms with Gasteiger partial charge in [-0.15, -0.1) is 11.3 Å². The molecule has 0 saturated heterocycles. The van der Waals surface area contributed by atoms with E-state index in [1.165, 1.54) is 0 Å². The number of rotatable bonds is 4. The average molecular weight is 220 g/mol. The molecule has 0 aliphatic carbocycles. The number of nitrogens with zero attached hydrogens (tertiary/aromatic N) is 1. The Balaban J connectivity index is 1.83. The summed E-state index contributed by atoms with van der Waals surface area (Å²) in [6.45, 7) is 1.51. The Hall–Kier alpha value is -1.39. The maximum absolute atomic E-state index is 9.26. The lowest BCUT2D eigenvalue weighted by atomic mass is 10.2. The normalized spacial score (nSPS) is 10.4. The van der Waals surface area contributed by atoms with Gasteiger partial charge in [-0.1, -0.05) is 12.1 Å². The quantitative estimate of drug-likeness (QED) is 0.829. The summed E-state index contributed by atoms with van der Waals surface area (Å²) in [5.41, 5.74) is 3.95. The third kappa shape index (κ3) is 3.04. The average Bonchev–Trinajstić information content (AvgIpc) is 2.71. The minimum absolute atomic E-state index is 0.308. The van der Waals surface area contributed by atoms with Gasteiger partial charge >= 0.3 is 0 Å². The molecule has 0 fully saturated rings. The van der Waals surface area contributed by atoms with Gasteiger partial charge in [0.25, 0.3) is 0 Å². The molecule has 0 radical (unpaired) electrons. The lowest BCUT2D eigenvalue weighted by Gasteiger charge is -2.03. The van der Waals surface area contributed by atoms with Gasteiger partial charge in [0, 0.05) is 18.5 Å². The topological polar surface area (TPSA) is 45.1 Å². The van der Waals surface area contributed by atoms with E-state index in [0.717, 1.165) is 24.3 Å². The minimum Gasteiger partial charge on any atom is -0.508 e. The lowest BCUT2D eigenvalue weighted by molar-refractivity contribution is 0.474. The van der Waals surface area contributed by atoms with Crippen LogP contribution in [0.25, 0.3) is 0 Å². The van der Waals surface area contributed by atoms with E-state index < -0.39 is 0 Å². The van der Waals surface area contributed by atoms with Crippen LogP contribution in [0, 0.1) is 0 Å². The van der Waals surface area contributed by atoms with Crippen molar-refractivity contribution in [1.29, 1.82) is 0 Å². The van der Waals surface area contributed by atoms with Crippen molar-refractivity contribution in [2.75, 3.05) is 0 Å². The highest BCUT2D eigenvalue weighted by molar-refractivity contribution is 7.07. The molecule has 0 atom stereocenters. The lowest BCUT2D eigenvalue weighted by Crippen LogP contribution is -2.12. The van der Waals surface area contributed by atoms with Crippen LogP contribution in [0.5, 0.6) is 5.75 Å². The molecule has 1 aromatic heterocycles. The smallest absolute Gasteiger partial charge is 0.115 e. The summed E-state index contributed by atoms with van der Waals surface area (Å²) in [7, 11) is 0. The van der Waals surface area contributed by atoms with Crippen molar-refractivity contribution >= 4 is 11.3 Å². The highest BCUT2D eigenvalue weighted by Gasteiger charge is 1.96. The summed E-state index contributed by atoms with van der Waals surface area (Å²) in [4.78, 5) is 4.17. The zero-order chi connectivity index (χ0) is 10.5. The molecule has 2 N–H and O–H groups in total. The van der Waals surface area contributed by atoms with Crippen LogP contribution in [0.1, 0.15) is 11.3 Å². The molecule has 0 spiro atoms. The predicted molar refractivity (Wildman–Crippen MR) is 60.8 cm³/mol. The van der Waals surface area contributed by atoms with Crippen molar-refractivity contribution in [2.24, 2.45) is 0 Å². The van der Waals surface area contributed by atoms with Gasteiger partial charge in [-0.05, 0) is 17.7 Å². The number of phenols is 1. The van der Waals surface area contributed by atoms with Gasteiger partial charge in [-0.2, -0.15) is 0 Å². The summed E-state index contributed by atoms with van der Waals surface area (Å²) >= 11 is 1.60. The molecule has 0 aliphatic rings. The second kappa shape index (κ2) is 4.91. The van der Waals surface area contributed by atoms with Crippen molar-refractivity contribution in [1.82, 2.24) is 10.3 Å². The molecule has 78 valence electrons. The predicted octanol–water partition coefficient (Wildman–Crippen LogP) is 2.14. The van der Waals surface area contributed by atoms with Crippen LogP contribution in [0.2, 0.25) is 0 Å². The number of phenolic OH excluding ortho intramolecular Hbond substituents is 1. The van der Waals surface area contributed by atoms with E-state index in [0.29, 0.717) is 5.75 Å². The third-order valence-corrected chi connectivity index (χ3v) is 2.66. The monoisotopic (exact) mass is 220 g/mol. The zero-order valence-electron chi connectivity index (χ0n) is 8.18. The first-order chi connectivity index (χ1) is 7.34. The van der Waals surface area contributed by atoms with Crippen molar-refractivity contribution in [3.63, 3.8) is 0 Å². The van der Waals surface area contributed by atoms with Gasteiger partial charge in [-0.25, -0.2) is 4.98 Å². The largest absolute Gasteiger partial charge is 0.508 e. The molecule has 0 amide bonds. The van der Waals surface area contributed by atoms with Crippen LogP contribution in [0.15, 0.2) is 35.2 Å². The Kier molecular flexibility index (Phi) is 3.32. The van der Waals surface area contributed by atoms with E-state index in [9.17, 15) is 5.11 Å². The van der Waals surface area contributed by atoms with Crippen LogP contribution < -0.4 is 5.32 Å². The minimum atomic E-state index is 0.308. The standard InChI is InChI=1S/C11H12N2OS/c14-11-3-1-2-9(4-11)5-12-6-10-7-15-8-13-10/h1-4,7-8,12,14H,5-6H2. The van der Waals surface area contributed by atoms with Crippen LogP contribution in [-0.2, 0) is 13.1 Å². The second-order valence-electron chi connectivity index (χ2n) is 3.25. The number of aromatic hydroxyl groups is 1. The van der Waals surface area contributed by atoms with Crippen molar-refractivity contribution in [3.8, 4) is 5.75 Å². The van der Waals surface area contributed by atoms with Gasteiger partial charge in [0.15, 0.2) is 0 Å². The fourth-order valence-corrected chi connectivity index (χ4v) is 1.88. The van der Waals surface area contributed by atoms with E-state index in [1.807, 2.05) is 23.0 Å². The Morgan fingerprint density at radius 1 is 1.33 bits per heavy atom. The molecular weight excluding hydrogens is 208 g/mol. The first kappa shape index (κ1) is 10.1. The number of thiazole rings is 1. The molecule has 0 bridgehead atoms. The molecule has 0 aliphatic heterocycles. The van der Waals surface area contributed by atoms with Gasteiger partial charge < -0.3 is 10.4 Å². The number of hydrogen-bond acceptors (Lipinski definition) is 4. The maximum Gasteiger partial charge on any atom is 0.115 e. The molecule has 0 unspecified atom stereocenters. The van der Waals surface area contributed by atoms with E-state index >= 15 is 0 Å². The molecule has 15 heavy (non-hydrogen) atoms. The van der Waals surface area contributed by atoms with Crippen LogP contribution in [-0.4, -0.2) is 10.1 Å². The highest BCUT2D eigenvalue weighted by Crippen LogP contribution is 2.10. The van der Waals surface area contributed by atoms with E-state index in [4.69, 9.17) is 0 Å². The number of nitrogens with one attached hydrogen (secondary N) is 1. The fourth-order valence-electron chi connectivity index (χ4n) is 1.33. The Labute approximate surface area is 92.4 Å². The molecule has 2 rings (SSSR count). The van der Waals surface area contributed by atoms with E-state index in [1.54, 1.807) is 23.5 Å². The number of aromatic nitrogens is 1. The number of benzene rings is 1. The maximum atomic E-state index is 9.26. The number of hydrogen-bond donors (Lipinski definition) is 2. The van der Waals surface area contributed by atoms with Crippen LogP contribution in [0.4, 0.5) is 0 Å². The first-order valence-corrected chi connectivity index (χ1v) is 5.64. The SMILES string of the molecule is Oc1cccc(CNCc2cscn2)c1. The van der Waals surface area contributed by atoms with E-state index in [2.05, 4.69) is 10.3 Å². The van der Waals surface area contributed by atoms with Crippen LogP contribution >= 0.6 is 11.3 Å². The van der Waals surface area contributed by atoms with Crippen molar-refractivity contribution in [2.45, 2.75) is 13.1 Å². The summed E-state index contributed by atoms with van der Waals surface area (Å²) in [6, 6.07) is 7.25. The second-order valence-corrected chi connectivity index (χ2v) is 3.97. The molecule has 1 heterocycles. The van der Waals surface area contributed by atoms with Crippen molar-refractivity contribution in [3.05, 3.63) is 46.4 Å². The summed E-state index contributed by atoms with van der Waals surface area (Å²) in [5.74, 6) is 0.308. The Morgan fingerprint density at radius 2 is 2.27 bits per heavy atom. The third-order valence-electron chi connectivity index (χ3n) is 2.03. The summed E-state index contributed by atoms with van der Waals surface area (Å²) < 4.78 is 0. The molecular formula is C11H12N2OS. The van der Waals surface area contributed by atoms with E-state index in [-0.39, 0.29) is 0 Å². The molecule has 1 aromatic carbocycles. The van der Waals surface area contributed by atoms with Gasteiger partial charge in [0.1, 0.15) is 5.75 Å². The van der Waals surface area contributed by atoms with Gasteiger partial charge in [0.2, 0.25) is 0 Å².